The SMILES string of the molecule is CN1/C(=C/C(=O)CN2C(=O)NC(C)(c3ccc(OC(F)F)cc3)C2=O)C(C)(C)c2ccccc21. The molecule has 4 rings (SSSR count). The number of para-hydroxylation sites is 1. The molecule has 3 amide bonds. The van der Waals surface area contributed by atoms with E-state index in [4.69, 9.17) is 0 Å². The molecule has 0 saturated carbocycles. The highest BCUT2D eigenvalue weighted by atomic mass is 19.3. The first-order valence-corrected chi connectivity index (χ1v) is 10.7. The van der Waals surface area contributed by atoms with Crippen molar-refractivity contribution in [2.45, 2.75) is 38.3 Å². The lowest BCUT2D eigenvalue weighted by molar-refractivity contribution is -0.133. The number of likely N-dealkylation sites (N-methyl/N-ethyl adjacent to an activating group) is 1. The van der Waals surface area contributed by atoms with E-state index in [0.29, 0.717) is 5.56 Å². The van der Waals surface area contributed by atoms with Crippen molar-refractivity contribution in [3.05, 3.63) is 71.4 Å². The standard InChI is InChI=1S/C25H25F2N3O4/c1-24(2)18-7-5-6-8-19(18)29(4)20(24)13-16(31)14-30-21(32)25(3,28-23(30)33)15-9-11-17(12-10-15)34-22(26)27/h5-13,22H,14H2,1-4H3,(H,28,33)/b20-13+. The first kappa shape index (κ1) is 23.4. The van der Waals surface area contributed by atoms with Gasteiger partial charge >= 0.3 is 12.6 Å². The minimum atomic E-state index is -2.97. The second kappa shape index (κ2) is 8.23. The van der Waals surface area contributed by atoms with Gasteiger partial charge in [0.05, 0.1) is 6.54 Å². The van der Waals surface area contributed by atoms with Crippen LogP contribution in [-0.4, -0.2) is 42.8 Å². The fourth-order valence-corrected chi connectivity index (χ4v) is 4.62. The number of alkyl halides is 2. The number of fused-ring (bicyclic) bond motifs is 1. The molecule has 1 fully saturated rings. The van der Waals surface area contributed by atoms with Crippen LogP contribution in [0.15, 0.2) is 60.3 Å². The van der Waals surface area contributed by atoms with Crippen molar-refractivity contribution in [3.63, 3.8) is 0 Å². The van der Waals surface area contributed by atoms with Crippen LogP contribution in [-0.2, 0) is 20.5 Å². The smallest absolute Gasteiger partial charge is 0.387 e. The summed E-state index contributed by atoms with van der Waals surface area (Å²) in [4.78, 5) is 41.5. The third-order valence-corrected chi connectivity index (χ3v) is 6.48. The molecule has 0 bridgehead atoms. The number of benzene rings is 2. The number of carbonyl (C=O) groups is 3. The predicted molar refractivity (Wildman–Crippen MR) is 122 cm³/mol. The van der Waals surface area contributed by atoms with Crippen molar-refractivity contribution in [1.29, 1.82) is 0 Å². The van der Waals surface area contributed by atoms with E-state index in [-0.39, 0.29) is 5.75 Å². The predicted octanol–water partition coefficient (Wildman–Crippen LogP) is 3.94. The van der Waals surface area contributed by atoms with Crippen LogP contribution in [0.3, 0.4) is 0 Å². The number of carbonyl (C=O) groups excluding carboxylic acids is 3. The van der Waals surface area contributed by atoms with E-state index in [1.165, 1.54) is 37.3 Å². The van der Waals surface area contributed by atoms with Gasteiger partial charge in [0.15, 0.2) is 5.78 Å². The maximum absolute atomic E-state index is 13.2. The second-order valence-corrected chi connectivity index (χ2v) is 9.05. The summed E-state index contributed by atoms with van der Waals surface area (Å²) in [6, 6.07) is 12.6. The Labute approximate surface area is 196 Å². The highest BCUT2D eigenvalue weighted by Gasteiger charge is 2.49. The van der Waals surface area contributed by atoms with Crippen LogP contribution in [0, 0.1) is 0 Å². The number of hydrogen-bond acceptors (Lipinski definition) is 5. The van der Waals surface area contributed by atoms with Crippen molar-refractivity contribution in [2.75, 3.05) is 18.5 Å². The molecule has 2 aliphatic rings. The molecule has 0 radical (unpaired) electrons. The summed E-state index contributed by atoms with van der Waals surface area (Å²) in [7, 11) is 1.87. The number of urea groups is 1. The van der Waals surface area contributed by atoms with Crippen LogP contribution >= 0.6 is 0 Å². The van der Waals surface area contributed by atoms with Crippen molar-refractivity contribution in [3.8, 4) is 5.75 Å². The molecule has 2 aromatic rings. The summed E-state index contributed by atoms with van der Waals surface area (Å²) in [6.45, 7) is 2.14. The zero-order valence-electron chi connectivity index (χ0n) is 19.3. The van der Waals surface area contributed by atoms with E-state index in [1.807, 2.05) is 50.1 Å². The van der Waals surface area contributed by atoms with Crippen LogP contribution in [0.5, 0.6) is 5.75 Å². The number of halogens is 2. The van der Waals surface area contributed by atoms with E-state index in [9.17, 15) is 23.2 Å². The third kappa shape index (κ3) is 3.81. The van der Waals surface area contributed by atoms with Crippen LogP contribution in [0.25, 0.3) is 0 Å². The number of amides is 3. The van der Waals surface area contributed by atoms with E-state index in [1.54, 1.807) is 0 Å². The number of nitrogens with one attached hydrogen (secondary N) is 1. The average Bonchev–Trinajstić information content (AvgIpc) is 3.11. The van der Waals surface area contributed by atoms with Gasteiger partial charge in [0.25, 0.3) is 5.91 Å². The van der Waals surface area contributed by atoms with Gasteiger partial charge in [-0.3, -0.25) is 14.5 Å². The van der Waals surface area contributed by atoms with Gasteiger partial charge in [-0.05, 0) is 36.2 Å². The minimum absolute atomic E-state index is 0.0675. The van der Waals surface area contributed by atoms with Crippen molar-refractivity contribution < 1.29 is 27.9 Å². The Morgan fingerprint density at radius 3 is 2.35 bits per heavy atom. The number of imide groups is 1. The van der Waals surface area contributed by atoms with Gasteiger partial charge in [-0.2, -0.15) is 8.78 Å². The lowest BCUT2D eigenvalue weighted by Gasteiger charge is -2.24. The fourth-order valence-electron chi connectivity index (χ4n) is 4.62. The molecular formula is C25H25F2N3O4. The number of ketones is 1. The second-order valence-electron chi connectivity index (χ2n) is 9.05. The van der Waals surface area contributed by atoms with Gasteiger partial charge in [-0.15, -0.1) is 0 Å². The number of hydrogen-bond donors (Lipinski definition) is 1. The van der Waals surface area contributed by atoms with Crippen LogP contribution < -0.4 is 15.0 Å². The maximum atomic E-state index is 13.2. The average molecular weight is 469 g/mol. The highest BCUT2D eigenvalue weighted by molar-refractivity contribution is 6.10. The van der Waals surface area contributed by atoms with Crippen LogP contribution in [0.4, 0.5) is 19.3 Å². The molecule has 1 N–H and O–H groups in total. The molecule has 0 aromatic heterocycles. The lowest BCUT2D eigenvalue weighted by Crippen LogP contribution is -2.41. The Kier molecular flexibility index (Phi) is 5.67. The molecule has 7 nitrogen and oxygen atoms in total. The molecule has 2 aliphatic heterocycles. The van der Waals surface area contributed by atoms with Crippen LogP contribution in [0.2, 0.25) is 0 Å². The molecule has 1 atom stereocenters. The number of nitrogens with zero attached hydrogens (tertiary/aromatic N) is 2. The van der Waals surface area contributed by atoms with Gasteiger partial charge in [-0.1, -0.05) is 44.2 Å². The Morgan fingerprint density at radius 2 is 1.74 bits per heavy atom. The highest BCUT2D eigenvalue weighted by Crippen LogP contribution is 2.46. The number of rotatable bonds is 6. The van der Waals surface area contributed by atoms with E-state index >= 15 is 0 Å². The van der Waals surface area contributed by atoms with Crippen molar-refractivity contribution >= 4 is 23.4 Å². The lowest BCUT2D eigenvalue weighted by atomic mass is 9.83. The normalized spacial score (nSPS) is 22.4. The zero-order valence-corrected chi connectivity index (χ0v) is 19.3. The van der Waals surface area contributed by atoms with E-state index < -0.39 is 41.8 Å². The summed E-state index contributed by atoms with van der Waals surface area (Å²) in [5, 5.41) is 2.61. The van der Waals surface area contributed by atoms with E-state index in [0.717, 1.165) is 21.8 Å². The molecule has 178 valence electrons. The zero-order chi connectivity index (χ0) is 24.8. The summed E-state index contributed by atoms with van der Waals surface area (Å²) < 4.78 is 29.1. The van der Waals surface area contributed by atoms with Gasteiger partial charge in [0.1, 0.15) is 11.3 Å². The Morgan fingerprint density at radius 1 is 1.09 bits per heavy atom. The molecule has 0 spiro atoms. The topological polar surface area (TPSA) is 79.0 Å². The first-order chi connectivity index (χ1) is 15.9. The van der Waals surface area contributed by atoms with E-state index in [2.05, 4.69) is 10.1 Å². The summed E-state index contributed by atoms with van der Waals surface area (Å²) in [5.74, 6) is -1.06. The number of anilines is 1. The summed E-state index contributed by atoms with van der Waals surface area (Å²) in [6.07, 6.45) is 1.48. The molecule has 0 aliphatic carbocycles. The molecule has 2 heterocycles. The number of allylic oxidation sites excluding steroid dienone is 1. The van der Waals surface area contributed by atoms with Gasteiger partial charge in [0, 0.05) is 29.9 Å². The monoisotopic (exact) mass is 469 g/mol. The molecule has 2 aromatic carbocycles. The quantitative estimate of drug-likeness (QED) is 0.512. The molecule has 34 heavy (non-hydrogen) atoms. The van der Waals surface area contributed by atoms with Gasteiger partial charge < -0.3 is 15.0 Å². The van der Waals surface area contributed by atoms with Gasteiger partial charge in [0.2, 0.25) is 0 Å². The molecule has 1 unspecified atom stereocenters. The molecule has 9 heteroatoms. The van der Waals surface area contributed by atoms with Crippen molar-refractivity contribution in [2.24, 2.45) is 0 Å². The Hall–Kier alpha value is -3.75. The fraction of sp³-hybridized carbons (Fsp3) is 0.320. The van der Waals surface area contributed by atoms with Crippen LogP contribution in [0.1, 0.15) is 31.9 Å². The van der Waals surface area contributed by atoms with Crippen molar-refractivity contribution in [1.82, 2.24) is 10.2 Å². The minimum Gasteiger partial charge on any atom is -0.435 e. The summed E-state index contributed by atoms with van der Waals surface area (Å²) >= 11 is 0. The number of ether oxygens (including phenoxy) is 1. The Balaban J connectivity index is 1.53. The molecule has 1 saturated heterocycles. The first-order valence-electron chi connectivity index (χ1n) is 10.7. The molecular weight excluding hydrogens is 444 g/mol. The van der Waals surface area contributed by atoms with Gasteiger partial charge in [-0.25, -0.2) is 4.79 Å². The Bertz CT molecular complexity index is 1190. The largest absolute Gasteiger partial charge is 0.435 e. The summed E-state index contributed by atoms with van der Waals surface area (Å²) in [5.41, 5.74) is 1.37. The third-order valence-electron chi connectivity index (χ3n) is 6.48. The maximum Gasteiger partial charge on any atom is 0.387 e.